The van der Waals surface area contributed by atoms with Crippen molar-refractivity contribution in [3.05, 3.63) is 24.3 Å². The summed E-state index contributed by atoms with van der Waals surface area (Å²) in [5, 5.41) is 0. The summed E-state index contributed by atoms with van der Waals surface area (Å²) in [6, 6.07) is 0. The van der Waals surface area contributed by atoms with Crippen LogP contribution in [0.5, 0.6) is 0 Å². The van der Waals surface area contributed by atoms with Crippen molar-refractivity contribution in [2.45, 2.75) is 20.8 Å². The Morgan fingerprint density at radius 2 is 2.18 bits per heavy atom. The molecule has 0 saturated carbocycles. The maximum Gasteiger partial charge on any atom is 0.0361 e. The minimum atomic E-state index is 0.531. The lowest BCUT2D eigenvalue weighted by Crippen LogP contribution is -1.95. The summed E-state index contributed by atoms with van der Waals surface area (Å²) in [6.07, 6.45) is 5.73. The number of hydrogen-bond acceptors (Lipinski definition) is 1. The van der Waals surface area contributed by atoms with E-state index in [1.807, 2.05) is 19.2 Å². The highest BCUT2D eigenvalue weighted by molar-refractivity contribution is 5.79. The molecule has 0 amide bonds. The number of hydrogen-bond donors (Lipinski definition) is 0. The molecule has 62 valence electrons. The number of aliphatic imine (C=N–C) groups is 1. The van der Waals surface area contributed by atoms with Crippen LogP contribution in [-0.4, -0.2) is 12.8 Å². The fraction of sp³-hybridized carbons (Fsp3) is 0.500. The standard InChI is InChI=1S/C10H17N/c1-5-7-10(9(3)4)8-11-6-2/h5,7-9H,1,6H2,2-4H3/b10-7+,11-8?. The molecule has 0 fully saturated rings. The molecule has 0 rings (SSSR count). The van der Waals surface area contributed by atoms with Crippen LogP contribution >= 0.6 is 0 Å². The van der Waals surface area contributed by atoms with E-state index < -0.39 is 0 Å². The van der Waals surface area contributed by atoms with Gasteiger partial charge in [0.05, 0.1) is 0 Å². The molecule has 0 aliphatic carbocycles. The van der Waals surface area contributed by atoms with E-state index in [-0.39, 0.29) is 0 Å². The predicted molar refractivity (Wildman–Crippen MR) is 52.2 cm³/mol. The van der Waals surface area contributed by atoms with Gasteiger partial charge in [-0.3, -0.25) is 4.99 Å². The zero-order valence-corrected chi connectivity index (χ0v) is 7.67. The van der Waals surface area contributed by atoms with E-state index in [0.717, 1.165) is 6.54 Å². The van der Waals surface area contributed by atoms with Gasteiger partial charge in [-0.05, 0) is 18.4 Å². The monoisotopic (exact) mass is 151 g/mol. The summed E-state index contributed by atoms with van der Waals surface area (Å²) in [5.41, 5.74) is 1.24. The van der Waals surface area contributed by atoms with Crippen LogP contribution in [0.25, 0.3) is 0 Å². The molecule has 0 aromatic heterocycles. The van der Waals surface area contributed by atoms with Crippen molar-refractivity contribution in [2.75, 3.05) is 6.54 Å². The predicted octanol–water partition coefficient (Wildman–Crippen LogP) is 2.85. The van der Waals surface area contributed by atoms with Gasteiger partial charge in [0, 0.05) is 12.8 Å². The number of rotatable bonds is 4. The molecule has 11 heavy (non-hydrogen) atoms. The summed E-state index contributed by atoms with van der Waals surface area (Å²) < 4.78 is 0. The second-order valence-corrected chi connectivity index (χ2v) is 2.68. The summed E-state index contributed by atoms with van der Waals surface area (Å²) in [4.78, 5) is 4.17. The minimum Gasteiger partial charge on any atom is -0.293 e. The molecule has 0 spiro atoms. The van der Waals surface area contributed by atoms with Gasteiger partial charge in [0.1, 0.15) is 0 Å². The maximum absolute atomic E-state index is 4.17. The van der Waals surface area contributed by atoms with Crippen molar-refractivity contribution in [3.8, 4) is 0 Å². The Balaban J connectivity index is 4.22. The Morgan fingerprint density at radius 3 is 2.55 bits per heavy atom. The largest absolute Gasteiger partial charge is 0.293 e. The third kappa shape index (κ3) is 4.54. The summed E-state index contributed by atoms with van der Waals surface area (Å²) in [7, 11) is 0. The molecule has 1 heteroatoms. The van der Waals surface area contributed by atoms with Gasteiger partial charge in [0.2, 0.25) is 0 Å². The minimum absolute atomic E-state index is 0.531. The van der Waals surface area contributed by atoms with Gasteiger partial charge in [0.25, 0.3) is 0 Å². The van der Waals surface area contributed by atoms with E-state index in [2.05, 4.69) is 25.4 Å². The molecule has 0 aliphatic rings. The summed E-state index contributed by atoms with van der Waals surface area (Å²) in [5.74, 6) is 0.531. The van der Waals surface area contributed by atoms with E-state index in [9.17, 15) is 0 Å². The van der Waals surface area contributed by atoms with Crippen molar-refractivity contribution in [1.29, 1.82) is 0 Å². The molecule has 0 N–H and O–H groups in total. The van der Waals surface area contributed by atoms with Crippen molar-refractivity contribution in [2.24, 2.45) is 10.9 Å². The zero-order valence-electron chi connectivity index (χ0n) is 7.67. The first-order valence-electron chi connectivity index (χ1n) is 4.04. The second kappa shape index (κ2) is 5.90. The van der Waals surface area contributed by atoms with Crippen LogP contribution < -0.4 is 0 Å². The van der Waals surface area contributed by atoms with E-state index in [1.54, 1.807) is 6.08 Å². The first-order valence-corrected chi connectivity index (χ1v) is 4.04. The highest BCUT2D eigenvalue weighted by atomic mass is 14.7. The number of allylic oxidation sites excluding steroid dienone is 3. The lowest BCUT2D eigenvalue weighted by atomic mass is 10.0. The Bertz CT molecular complexity index is 164. The van der Waals surface area contributed by atoms with Crippen LogP contribution in [0.3, 0.4) is 0 Å². The third-order valence-corrected chi connectivity index (χ3v) is 1.40. The van der Waals surface area contributed by atoms with Gasteiger partial charge in [-0.2, -0.15) is 0 Å². The van der Waals surface area contributed by atoms with Gasteiger partial charge < -0.3 is 0 Å². The van der Waals surface area contributed by atoms with E-state index >= 15 is 0 Å². The molecular weight excluding hydrogens is 134 g/mol. The van der Waals surface area contributed by atoms with Crippen molar-refractivity contribution < 1.29 is 0 Å². The zero-order chi connectivity index (χ0) is 8.69. The van der Waals surface area contributed by atoms with Gasteiger partial charge in [-0.15, -0.1) is 0 Å². The van der Waals surface area contributed by atoms with E-state index in [4.69, 9.17) is 0 Å². The fourth-order valence-corrected chi connectivity index (χ4v) is 0.717. The van der Waals surface area contributed by atoms with Gasteiger partial charge in [-0.1, -0.05) is 32.6 Å². The Morgan fingerprint density at radius 1 is 1.55 bits per heavy atom. The molecule has 0 unspecified atom stereocenters. The topological polar surface area (TPSA) is 12.4 Å². The molecule has 0 saturated heterocycles. The Hall–Kier alpha value is -0.850. The van der Waals surface area contributed by atoms with Crippen molar-refractivity contribution in [3.63, 3.8) is 0 Å². The Labute approximate surface area is 69.5 Å². The molecule has 0 aromatic carbocycles. The van der Waals surface area contributed by atoms with Crippen LogP contribution in [0.1, 0.15) is 20.8 Å². The van der Waals surface area contributed by atoms with Crippen LogP contribution in [-0.2, 0) is 0 Å². The van der Waals surface area contributed by atoms with Gasteiger partial charge >= 0.3 is 0 Å². The van der Waals surface area contributed by atoms with Gasteiger partial charge in [-0.25, -0.2) is 0 Å². The first kappa shape index (κ1) is 10.2. The normalized spacial score (nSPS) is 12.9. The SMILES string of the molecule is C=C/C=C(\C=NCC)C(C)C. The van der Waals surface area contributed by atoms with Crippen LogP contribution in [0.2, 0.25) is 0 Å². The molecule has 1 nitrogen and oxygen atoms in total. The third-order valence-electron chi connectivity index (χ3n) is 1.40. The fourth-order valence-electron chi connectivity index (χ4n) is 0.717. The lowest BCUT2D eigenvalue weighted by molar-refractivity contribution is 0.805. The molecule has 0 aromatic rings. The van der Waals surface area contributed by atoms with E-state index in [0.29, 0.717) is 5.92 Å². The first-order chi connectivity index (χ1) is 5.22. The highest BCUT2D eigenvalue weighted by Gasteiger charge is 1.96. The molecule has 0 radical (unpaired) electrons. The second-order valence-electron chi connectivity index (χ2n) is 2.68. The van der Waals surface area contributed by atoms with E-state index in [1.165, 1.54) is 5.57 Å². The maximum atomic E-state index is 4.17. The lowest BCUT2D eigenvalue weighted by Gasteiger charge is -2.03. The van der Waals surface area contributed by atoms with Crippen LogP contribution in [0, 0.1) is 5.92 Å². The number of nitrogens with zero attached hydrogens (tertiary/aromatic N) is 1. The van der Waals surface area contributed by atoms with Crippen molar-refractivity contribution in [1.82, 2.24) is 0 Å². The summed E-state index contributed by atoms with van der Waals surface area (Å²) in [6.45, 7) is 10.8. The smallest absolute Gasteiger partial charge is 0.0361 e. The quantitative estimate of drug-likeness (QED) is 0.433. The summed E-state index contributed by atoms with van der Waals surface area (Å²) >= 11 is 0. The Kier molecular flexibility index (Phi) is 5.44. The average molecular weight is 151 g/mol. The van der Waals surface area contributed by atoms with Crippen LogP contribution in [0.15, 0.2) is 29.3 Å². The average Bonchev–Trinajstić information content (AvgIpc) is 1.97. The molecule has 0 heterocycles. The van der Waals surface area contributed by atoms with Crippen molar-refractivity contribution >= 4 is 6.21 Å². The van der Waals surface area contributed by atoms with Crippen LogP contribution in [0.4, 0.5) is 0 Å². The van der Waals surface area contributed by atoms with Gasteiger partial charge in [0.15, 0.2) is 0 Å². The molecular formula is C10H17N. The molecule has 0 aliphatic heterocycles. The molecule has 0 bridgehead atoms. The molecule has 0 atom stereocenters. The highest BCUT2D eigenvalue weighted by Crippen LogP contribution is 2.06.